The van der Waals surface area contributed by atoms with Crippen molar-refractivity contribution >= 4 is 11.6 Å². The van der Waals surface area contributed by atoms with Crippen LogP contribution in [0, 0.1) is 0 Å². The lowest BCUT2D eigenvalue weighted by Gasteiger charge is -2.21. The van der Waals surface area contributed by atoms with Gasteiger partial charge in [-0.3, -0.25) is 9.59 Å². The van der Waals surface area contributed by atoms with E-state index in [0.29, 0.717) is 17.9 Å². The average molecular weight is 325 g/mol. The van der Waals surface area contributed by atoms with Crippen molar-refractivity contribution in [3.8, 4) is 11.5 Å². The average Bonchev–Trinajstić information content (AvgIpc) is 2.56. The number of hydrogen-bond donors (Lipinski definition) is 1. The second kappa shape index (κ2) is 6.45. The summed E-state index contributed by atoms with van der Waals surface area (Å²) in [7, 11) is 3.96. The van der Waals surface area contributed by atoms with Gasteiger partial charge >= 0.3 is 0 Å². The second-order valence-corrected chi connectivity index (χ2v) is 6.04. The molecule has 0 saturated carbocycles. The lowest BCUT2D eigenvalue weighted by Crippen LogP contribution is -2.22. The van der Waals surface area contributed by atoms with E-state index in [-0.39, 0.29) is 34.0 Å². The molecular formula is C19H19NO4. The fraction of sp³-hybridized carbons (Fsp3) is 0.263. The van der Waals surface area contributed by atoms with Gasteiger partial charge in [-0.1, -0.05) is 24.3 Å². The Balaban J connectivity index is 1.96. The van der Waals surface area contributed by atoms with Crippen molar-refractivity contribution in [2.75, 3.05) is 27.2 Å². The Kier molecular flexibility index (Phi) is 4.36. The Labute approximate surface area is 140 Å². The lowest BCUT2D eigenvalue weighted by molar-refractivity contribution is 0.0973. The number of phenols is 1. The SMILES string of the molecule is CN(C)CCCOc1cccc2c1C(=O)c1c(O)cccc1C2=O. The molecule has 2 aromatic rings. The highest BCUT2D eigenvalue weighted by Crippen LogP contribution is 2.36. The van der Waals surface area contributed by atoms with E-state index >= 15 is 0 Å². The van der Waals surface area contributed by atoms with Crippen LogP contribution in [0.25, 0.3) is 0 Å². The first-order chi connectivity index (χ1) is 11.5. The van der Waals surface area contributed by atoms with Crippen LogP contribution in [0.4, 0.5) is 0 Å². The van der Waals surface area contributed by atoms with Crippen LogP contribution in [0.15, 0.2) is 36.4 Å². The van der Waals surface area contributed by atoms with Crippen LogP contribution in [0.3, 0.4) is 0 Å². The van der Waals surface area contributed by atoms with Crippen LogP contribution < -0.4 is 4.74 Å². The Morgan fingerprint density at radius 1 is 0.958 bits per heavy atom. The Morgan fingerprint density at radius 2 is 1.62 bits per heavy atom. The fourth-order valence-corrected chi connectivity index (χ4v) is 2.88. The van der Waals surface area contributed by atoms with Crippen LogP contribution in [-0.2, 0) is 0 Å². The van der Waals surface area contributed by atoms with Gasteiger partial charge in [-0.2, -0.15) is 0 Å². The van der Waals surface area contributed by atoms with Crippen molar-refractivity contribution in [1.82, 2.24) is 4.90 Å². The third-order valence-electron chi connectivity index (χ3n) is 4.02. The monoisotopic (exact) mass is 325 g/mol. The van der Waals surface area contributed by atoms with E-state index < -0.39 is 0 Å². The fourth-order valence-electron chi connectivity index (χ4n) is 2.88. The molecule has 1 aliphatic carbocycles. The van der Waals surface area contributed by atoms with E-state index in [1.54, 1.807) is 30.3 Å². The van der Waals surface area contributed by atoms with Crippen molar-refractivity contribution in [2.24, 2.45) is 0 Å². The number of ether oxygens (including phenoxy) is 1. The molecule has 0 radical (unpaired) electrons. The van der Waals surface area contributed by atoms with Crippen LogP contribution in [0.1, 0.15) is 38.3 Å². The summed E-state index contributed by atoms with van der Waals surface area (Å²) in [5, 5.41) is 10.0. The molecule has 0 heterocycles. The van der Waals surface area contributed by atoms with Gasteiger partial charge < -0.3 is 14.7 Å². The first kappa shape index (κ1) is 16.2. The zero-order valence-corrected chi connectivity index (χ0v) is 13.7. The van der Waals surface area contributed by atoms with Crippen molar-refractivity contribution in [3.05, 3.63) is 58.7 Å². The van der Waals surface area contributed by atoms with Crippen LogP contribution in [0.2, 0.25) is 0 Å². The molecule has 0 aromatic heterocycles. The summed E-state index contributed by atoms with van der Waals surface area (Å²) in [6.07, 6.45) is 0.806. The number of rotatable bonds is 5. The van der Waals surface area contributed by atoms with Gasteiger partial charge in [-0.05, 0) is 32.6 Å². The van der Waals surface area contributed by atoms with E-state index in [0.717, 1.165) is 13.0 Å². The highest BCUT2D eigenvalue weighted by Gasteiger charge is 2.34. The normalized spacial score (nSPS) is 13.0. The summed E-state index contributed by atoms with van der Waals surface area (Å²) in [4.78, 5) is 27.5. The first-order valence-electron chi connectivity index (χ1n) is 7.82. The van der Waals surface area contributed by atoms with Crippen LogP contribution >= 0.6 is 0 Å². The standard InChI is InChI=1S/C19H19NO4/c1-20(2)10-5-11-24-15-9-4-7-13-17(15)19(23)16-12(18(13)22)6-3-8-14(16)21/h3-4,6-9,21H,5,10-11H2,1-2H3. The van der Waals surface area contributed by atoms with Crippen LogP contribution in [0.5, 0.6) is 11.5 Å². The van der Waals surface area contributed by atoms with Gasteiger partial charge in [-0.25, -0.2) is 0 Å². The van der Waals surface area contributed by atoms with E-state index in [2.05, 4.69) is 0 Å². The number of carbonyl (C=O) groups excluding carboxylic acids is 2. The molecule has 5 nitrogen and oxygen atoms in total. The predicted octanol–water partition coefficient (Wildman–Crippen LogP) is 2.50. The minimum Gasteiger partial charge on any atom is -0.507 e. The summed E-state index contributed by atoms with van der Waals surface area (Å²) < 4.78 is 5.75. The molecule has 1 aliphatic rings. The molecule has 1 N–H and O–H groups in total. The number of nitrogens with zero attached hydrogens (tertiary/aromatic N) is 1. The number of phenolic OH excluding ortho intramolecular Hbond substituents is 1. The summed E-state index contributed by atoms with van der Waals surface area (Å²) in [6.45, 7) is 1.31. The molecule has 0 spiro atoms. The molecule has 2 aromatic carbocycles. The van der Waals surface area contributed by atoms with Gasteiger partial charge in [0.2, 0.25) is 5.78 Å². The molecule has 0 unspecified atom stereocenters. The van der Waals surface area contributed by atoms with Crippen molar-refractivity contribution in [2.45, 2.75) is 6.42 Å². The van der Waals surface area contributed by atoms with Gasteiger partial charge in [0.05, 0.1) is 17.7 Å². The Bertz CT molecular complexity index is 811. The lowest BCUT2D eigenvalue weighted by atomic mass is 9.83. The number of carbonyl (C=O) groups is 2. The second-order valence-electron chi connectivity index (χ2n) is 6.04. The summed E-state index contributed by atoms with van der Waals surface area (Å²) in [6, 6.07) is 9.54. The van der Waals surface area contributed by atoms with Crippen molar-refractivity contribution < 1.29 is 19.4 Å². The minimum atomic E-state index is -0.374. The number of ketones is 2. The highest BCUT2D eigenvalue weighted by atomic mass is 16.5. The molecule has 3 rings (SSSR count). The van der Waals surface area contributed by atoms with Gasteiger partial charge in [0.15, 0.2) is 5.78 Å². The molecule has 24 heavy (non-hydrogen) atoms. The molecule has 0 atom stereocenters. The third-order valence-corrected chi connectivity index (χ3v) is 4.02. The number of fused-ring (bicyclic) bond motifs is 2. The zero-order chi connectivity index (χ0) is 17.3. The number of hydrogen-bond acceptors (Lipinski definition) is 5. The predicted molar refractivity (Wildman–Crippen MR) is 90.1 cm³/mol. The van der Waals surface area contributed by atoms with Gasteiger partial charge in [-0.15, -0.1) is 0 Å². The van der Waals surface area contributed by atoms with Gasteiger partial charge in [0, 0.05) is 17.7 Å². The topological polar surface area (TPSA) is 66.8 Å². The summed E-state index contributed by atoms with van der Waals surface area (Å²) in [5.41, 5.74) is 0.848. The maximum Gasteiger partial charge on any atom is 0.201 e. The van der Waals surface area contributed by atoms with E-state index in [9.17, 15) is 14.7 Å². The molecular weight excluding hydrogens is 306 g/mol. The largest absolute Gasteiger partial charge is 0.507 e. The molecule has 124 valence electrons. The Morgan fingerprint density at radius 3 is 2.33 bits per heavy atom. The minimum absolute atomic E-state index is 0.0549. The van der Waals surface area contributed by atoms with Gasteiger partial charge in [0.25, 0.3) is 0 Å². The number of benzene rings is 2. The first-order valence-corrected chi connectivity index (χ1v) is 7.82. The molecule has 0 bridgehead atoms. The summed E-state index contributed by atoms with van der Waals surface area (Å²) in [5.74, 6) is -0.437. The zero-order valence-electron chi connectivity index (χ0n) is 13.7. The molecule has 5 heteroatoms. The Hall–Kier alpha value is -2.66. The smallest absolute Gasteiger partial charge is 0.201 e. The third kappa shape index (κ3) is 2.78. The van der Waals surface area contributed by atoms with Crippen molar-refractivity contribution in [3.63, 3.8) is 0 Å². The molecule has 0 aliphatic heterocycles. The van der Waals surface area contributed by atoms with E-state index in [4.69, 9.17) is 4.74 Å². The molecule has 0 fully saturated rings. The highest BCUT2D eigenvalue weighted by molar-refractivity contribution is 6.30. The van der Waals surface area contributed by atoms with E-state index in [1.807, 2.05) is 19.0 Å². The maximum absolute atomic E-state index is 12.8. The molecule has 0 amide bonds. The van der Waals surface area contributed by atoms with Gasteiger partial charge in [0.1, 0.15) is 11.5 Å². The molecule has 0 saturated heterocycles. The van der Waals surface area contributed by atoms with Crippen molar-refractivity contribution in [1.29, 1.82) is 0 Å². The van der Waals surface area contributed by atoms with E-state index in [1.165, 1.54) is 6.07 Å². The summed E-state index contributed by atoms with van der Waals surface area (Å²) >= 11 is 0. The van der Waals surface area contributed by atoms with Crippen LogP contribution in [-0.4, -0.2) is 48.8 Å². The quantitative estimate of drug-likeness (QED) is 0.730. The maximum atomic E-state index is 12.8. The number of aromatic hydroxyl groups is 1.